The van der Waals surface area contributed by atoms with E-state index in [0.29, 0.717) is 24.7 Å². The molecule has 4 rings (SSSR count). The number of benzene rings is 1. The van der Waals surface area contributed by atoms with Crippen LogP contribution in [0.4, 0.5) is 0 Å². The van der Waals surface area contributed by atoms with E-state index >= 15 is 0 Å². The molecule has 8 N–H and O–H groups in total. The lowest BCUT2D eigenvalue weighted by Crippen LogP contribution is -2.58. The largest absolute Gasteiger partial charge is 0.508 e. The van der Waals surface area contributed by atoms with Crippen LogP contribution in [0.3, 0.4) is 0 Å². The Hall–Kier alpha value is -1.29. The van der Waals surface area contributed by atoms with E-state index in [-0.39, 0.29) is 24.8 Å². The van der Waals surface area contributed by atoms with Gasteiger partial charge in [-0.25, -0.2) is 0 Å². The second-order valence-corrected chi connectivity index (χ2v) is 15.1. The topological polar surface area (TPSA) is 197 Å². The molecular formula is C24H38N2O9P2. The summed E-state index contributed by atoms with van der Waals surface area (Å²) in [4.78, 5) is 49.9. The highest BCUT2D eigenvalue weighted by Crippen LogP contribution is 2.64. The van der Waals surface area contributed by atoms with Gasteiger partial charge in [-0.05, 0) is 92.5 Å². The summed E-state index contributed by atoms with van der Waals surface area (Å²) in [5.74, 6) is 0.813. The second kappa shape index (κ2) is 10.4. The molecule has 37 heavy (non-hydrogen) atoms. The Balaban J connectivity index is 1.32. The third kappa shape index (κ3) is 5.43. The number of carbonyl (C=O) groups excluding carboxylic acids is 1. The van der Waals surface area contributed by atoms with Crippen molar-refractivity contribution in [1.82, 2.24) is 10.6 Å². The molecule has 2 saturated carbocycles. The lowest BCUT2D eigenvalue weighted by Gasteiger charge is -2.52. The van der Waals surface area contributed by atoms with Gasteiger partial charge in [0, 0.05) is 18.5 Å². The van der Waals surface area contributed by atoms with Gasteiger partial charge >= 0.3 is 15.2 Å². The van der Waals surface area contributed by atoms with Crippen LogP contribution in [0.25, 0.3) is 0 Å². The lowest BCUT2D eigenvalue weighted by molar-refractivity contribution is -0.159. The summed E-state index contributed by atoms with van der Waals surface area (Å²) in [5, 5.41) is 24.8. The predicted octanol–water partition coefficient (Wildman–Crippen LogP) is 1.76. The predicted molar refractivity (Wildman–Crippen MR) is 136 cm³/mol. The molecule has 1 amide bonds. The van der Waals surface area contributed by atoms with E-state index in [1.54, 1.807) is 6.07 Å². The highest BCUT2D eigenvalue weighted by atomic mass is 31.2. The molecule has 11 nitrogen and oxygen atoms in total. The summed E-state index contributed by atoms with van der Waals surface area (Å²) < 4.78 is 22.7. The highest BCUT2D eigenvalue weighted by Gasteiger charge is 2.64. The Bertz CT molecular complexity index is 1100. The van der Waals surface area contributed by atoms with Crippen molar-refractivity contribution < 1.29 is 43.7 Å². The van der Waals surface area contributed by atoms with Crippen LogP contribution >= 0.6 is 15.2 Å². The van der Waals surface area contributed by atoms with Gasteiger partial charge in [0.1, 0.15) is 11.4 Å². The molecule has 5 atom stereocenters. The van der Waals surface area contributed by atoms with Crippen molar-refractivity contribution in [2.24, 2.45) is 17.3 Å². The minimum atomic E-state index is -4.98. The first-order chi connectivity index (χ1) is 17.2. The van der Waals surface area contributed by atoms with Gasteiger partial charge in [-0.3, -0.25) is 13.9 Å². The number of hydrogen-bond acceptors (Lipinski definition) is 6. The summed E-state index contributed by atoms with van der Waals surface area (Å²) >= 11 is 0. The zero-order chi connectivity index (χ0) is 27.2. The Morgan fingerprint density at radius 1 is 1.08 bits per heavy atom. The molecule has 13 heteroatoms. The van der Waals surface area contributed by atoms with E-state index in [1.807, 2.05) is 19.1 Å². The van der Waals surface area contributed by atoms with Crippen molar-refractivity contribution >= 4 is 21.1 Å². The number of carbonyl (C=O) groups is 1. The molecule has 0 spiro atoms. The summed E-state index contributed by atoms with van der Waals surface area (Å²) in [6, 6.07) is 5.61. The van der Waals surface area contributed by atoms with Gasteiger partial charge in [-0.2, -0.15) is 0 Å². The number of aliphatic hydroxyl groups is 1. The van der Waals surface area contributed by atoms with Crippen LogP contribution in [-0.2, 0) is 20.3 Å². The molecule has 0 bridgehead atoms. The van der Waals surface area contributed by atoms with Crippen molar-refractivity contribution in [3.05, 3.63) is 29.3 Å². The summed E-state index contributed by atoms with van der Waals surface area (Å²) in [6.07, 6.45) is 4.94. The Labute approximate surface area is 216 Å². The fourth-order valence-electron chi connectivity index (χ4n) is 7.18. The number of phenols is 1. The van der Waals surface area contributed by atoms with Gasteiger partial charge in [0.2, 0.25) is 0 Å². The average Bonchev–Trinajstić information content (AvgIpc) is 3.08. The van der Waals surface area contributed by atoms with Gasteiger partial charge in [0.25, 0.3) is 5.91 Å². The van der Waals surface area contributed by atoms with Gasteiger partial charge in [-0.15, -0.1) is 0 Å². The van der Waals surface area contributed by atoms with Crippen LogP contribution in [0, 0.1) is 17.3 Å². The fraction of sp³-hybridized carbons (Fsp3) is 0.708. The number of phenolic OH excluding ortho intramolecular Hbond substituents is 1. The maximum Gasteiger partial charge on any atom is 0.342 e. The third-order valence-corrected chi connectivity index (χ3v) is 12.9. The molecule has 0 saturated heterocycles. The zero-order valence-corrected chi connectivity index (χ0v) is 22.7. The van der Waals surface area contributed by atoms with E-state index in [9.17, 15) is 43.7 Å². The van der Waals surface area contributed by atoms with Crippen LogP contribution in [0.2, 0.25) is 0 Å². The van der Waals surface area contributed by atoms with E-state index in [1.165, 1.54) is 11.1 Å². The molecule has 3 aliphatic carbocycles. The Morgan fingerprint density at radius 3 is 2.46 bits per heavy atom. The smallest absolute Gasteiger partial charge is 0.342 e. The zero-order valence-electron chi connectivity index (χ0n) is 20.9. The molecule has 3 aliphatic rings. The number of aryl methyl sites for hydroxylation is 1. The van der Waals surface area contributed by atoms with Crippen LogP contribution in [0.5, 0.6) is 5.75 Å². The Kier molecular flexibility index (Phi) is 8.04. The lowest BCUT2D eigenvalue weighted by atomic mass is 9.53. The maximum atomic E-state index is 13.2. The minimum Gasteiger partial charge on any atom is -0.508 e. The first-order valence-corrected chi connectivity index (χ1v) is 16.2. The molecular weight excluding hydrogens is 522 g/mol. The standard InChI is InChI=1S/C24H38N2O9P2/c1-23-9-7-18-17-6-4-16(27)13-15(17)3-5-19(18)20(23)8-10-24(23,29)22(28)26-12-2-11-25-14-21(36(30,31)32)37(33,34)35/h4,6,13,18-21,25,27,29H,2-3,5,7-12,14H2,1H3,(H,26,28)(H2,30,31,32)(H2,33,34,35)/t18?,19?,20?,23-,24-/m0/s1. The molecule has 208 valence electrons. The maximum absolute atomic E-state index is 13.2. The van der Waals surface area contributed by atoms with Crippen LogP contribution in [0.15, 0.2) is 18.2 Å². The number of hydrogen-bond donors (Lipinski definition) is 8. The number of fused-ring (bicyclic) bond motifs is 5. The van der Waals surface area contributed by atoms with Crippen molar-refractivity contribution in [1.29, 1.82) is 0 Å². The SMILES string of the molecule is C[C@]12CCC3c4ccc(O)cc4CCC3C1CC[C@]2(O)C(=O)NCCCNCC(P(=O)(O)O)P(=O)(O)O. The molecule has 0 radical (unpaired) electrons. The van der Waals surface area contributed by atoms with E-state index < -0.39 is 44.1 Å². The molecule has 1 aromatic rings. The highest BCUT2D eigenvalue weighted by molar-refractivity contribution is 7.70. The summed E-state index contributed by atoms with van der Waals surface area (Å²) in [7, 11) is -9.97. The van der Waals surface area contributed by atoms with Crippen LogP contribution in [0.1, 0.15) is 62.5 Å². The van der Waals surface area contributed by atoms with Crippen molar-refractivity contribution in [3.8, 4) is 5.75 Å². The number of aromatic hydroxyl groups is 1. The van der Waals surface area contributed by atoms with Gasteiger partial charge in [0.05, 0.1) is 0 Å². The quantitative estimate of drug-likeness (QED) is 0.163. The van der Waals surface area contributed by atoms with E-state index in [2.05, 4.69) is 10.6 Å². The first kappa shape index (κ1) is 28.7. The molecule has 0 aliphatic heterocycles. The number of amides is 1. The van der Waals surface area contributed by atoms with Crippen molar-refractivity contribution in [3.63, 3.8) is 0 Å². The molecule has 2 fully saturated rings. The monoisotopic (exact) mass is 560 g/mol. The Morgan fingerprint density at radius 2 is 1.78 bits per heavy atom. The summed E-state index contributed by atoms with van der Waals surface area (Å²) in [5.41, 5.74) is 0.433. The fourth-order valence-corrected chi connectivity index (χ4v) is 9.49. The van der Waals surface area contributed by atoms with Gasteiger partial charge in [0.15, 0.2) is 5.40 Å². The molecule has 3 unspecified atom stereocenters. The van der Waals surface area contributed by atoms with Crippen molar-refractivity contribution in [2.75, 3.05) is 19.6 Å². The minimum absolute atomic E-state index is 0.174. The average molecular weight is 561 g/mol. The van der Waals surface area contributed by atoms with E-state index in [0.717, 1.165) is 32.1 Å². The van der Waals surface area contributed by atoms with Gasteiger partial charge < -0.3 is 40.4 Å². The third-order valence-electron chi connectivity index (χ3n) is 9.16. The normalized spacial score (nSPS) is 31.5. The summed E-state index contributed by atoms with van der Waals surface area (Å²) in [6.45, 7) is 1.85. The van der Waals surface area contributed by atoms with E-state index in [4.69, 9.17) is 0 Å². The molecule has 0 heterocycles. The van der Waals surface area contributed by atoms with Crippen LogP contribution < -0.4 is 10.6 Å². The van der Waals surface area contributed by atoms with Crippen LogP contribution in [-0.4, -0.2) is 66.3 Å². The number of nitrogens with one attached hydrogen (secondary N) is 2. The van der Waals surface area contributed by atoms with Crippen molar-refractivity contribution in [2.45, 2.75) is 68.8 Å². The molecule has 0 aromatic heterocycles. The first-order valence-electron chi connectivity index (χ1n) is 12.8. The molecule has 1 aromatic carbocycles. The second-order valence-electron chi connectivity index (χ2n) is 11.1. The number of rotatable bonds is 9. The van der Waals surface area contributed by atoms with Gasteiger partial charge in [-0.1, -0.05) is 13.0 Å².